The Morgan fingerprint density at radius 3 is 2.62 bits per heavy atom. The van der Waals surface area contributed by atoms with Crippen molar-refractivity contribution in [1.29, 1.82) is 0 Å². The lowest BCUT2D eigenvalue weighted by Gasteiger charge is -2.30. The van der Waals surface area contributed by atoms with Crippen molar-refractivity contribution >= 4 is 6.09 Å². The molecular weight excluding hydrogens is 330 g/mol. The molecule has 1 unspecified atom stereocenters. The van der Waals surface area contributed by atoms with Crippen LogP contribution in [0.25, 0.3) is 0 Å². The fraction of sp³-hybridized carbons (Fsp3) is 0.381. The maximum atomic E-state index is 12.1. The summed E-state index contributed by atoms with van der Waals surface area (Å²) in [6.07, 6.45) is 0.0973. The molecule has 2 aromatic carbocycles. The van der Waals surface area contributed by atoms with Gasteiger partial charge < -0.3 is 19.9 Å². The number of carbonyl (C=O) groups is 1. The van der Waals surface area contributed by atoms with Crippen LogP contribution < -0.4 is 10.1 Å². The van der Waals surface area contributed by atoms with E-state index >= 15 is 0 Å². The quantitative estimate of drug-likeness (QED) is 0.870. The highest BCUT2D eigenvalue weighted by Crippen LogP contribution is 2.45. The average Bonchev–Trinajstić information content (AvgIpc) is 2.57. The van der Waals surface area contributed by atoms with E-state index in [9.17, 15) is 9.90 Å². The Hall–Kier alpha value is -2.53. The summed E-state index contributed by atoms with van der Waals surface area (Å²) in [6.45, 7) is 5.97. The summed E-state index contributed by atoms with van der Waals surface area (Å²) in [7, 11) is 0. The van der Waals surface area contributed by atoms with E-state index in [2.05, 4.69) is 5.32 Å². The van der Waals surface area contributed by atoms with Crippen LogP contribution >= 0.6 is 0 Å². The van der Waals surface area contributed by atoms with Gasteiger partial charge in [0.25, 0.3) is 0 Å². The van der Waals surface area contributed by atoms with Crippen molar-refractivity contribution < 1.29 is 19.4 Å². The summed E-state index contributed by atoms with van der Waals surface area (Å²) in [5.41, 5.74) is 2.51. The Kier molecular flexibility index (Phi) is 5.18. The number of hydrogen-bond acceptors (Lipinski definition) is 4. The van der Waals surface area contributed by atoms with Crippen molar-refractivity contribution in [2.24, 2.45) is 0 Å². The minimum absolute atomic E-state index is 0.0598. The molecule has 0 radical (unpaired) electrons. The Morgan fingerprint density at radius 2 is 1.88 bits per heavy atom. The number of para-hydroxylation sites is 1. The minimum atomic E-state index is -0.544. The van der Waals surface area contributed by atoms with Crippen LogP contribution in [0.15, 0.2) is 42.5 Å². The third-order valence-corrected chi connectivity index (χ3v) is 4.25. The molecule has 0 aliphatic carbocycles. The van der Waals surface area contributed by atoms with Crippen LogP contribution in [-0.2, 0) is 11.2 Å². The first-order valence-corrected chi connectivity index (χ1v) is 8.85. The number of benzene rings is 2. The van der Waals surface area contributed by atoms with Crippen LogP contribution in [0.1, 0.15) is 43.4 Å². The fourth-order valence-electron chi connectivity index (χ4n) is 3.26. The lowest BCUT2D eigenvalue weighted by Crippen LogP contribution is -2.35. The Morgan fingerprint density at radius 1 is 1.15 bits per heavy atom. The molecular formula is C21H25NO4. The number of aliphatic hydroxyl groups excluding tert-OH is 1. The van der Waals surface area contributed by atoms with Crippen molar-refractivity contribution in [3.05, 3.63) is 59.2 Å². The van der Waals surface area contributed by atoms with Gasteiger partial charge in [0, 0.05) is 30.2 Å². The van der Waals surface area contributed by atoms with Gasteiger partial charge in [0.05, 0.1) is 0 Å². The van der Waals surface area contributed by atoms with Gasteiger partial charge >= 0.3 is 6.09 Å². The monoisotopic (exact) mass is 355 g/mol. The zero-order valence-corrected chi connectivity index (χ0v) is 15.4. The van der Waals surface area contributed by atoms with Crippen LogP contribution in [0, 0.1) is 0 Å². The topological polar surface area (TPSA) is 67.8 Å². The Labute approximate surface area is 153 Å². The lowest BCUT2D eigenvalue weighted by molar-refractivity contribution is 0.0525. The second-order valence-corrected chi connectivity index (χ2v) is 7.38. The normalized spacial score (nSPS) is 15.5. The third kappa shape index (κ3) is 3.99. The molecule has 0 aromatic heterocycles. The van der Waals surface area contributed by atoms with Gasteiger partial charge in [0.1, 0.15) is 17.1 Å². The molecule has 0 bridgehead atoms. The number of nitrogens with one attached hydrogen (secondary N) is 1. The highest BCUT2D eigenvalue weighted by atomic mass is 16.6. The Bertz CT molecular complexity index is 795. The van der Waals surface area contributed by atoms with E-state index in [4.69, 9.17) is 9.47 Å². The zero-order chi connectivity index (χ0) is 18.7. The lowest BCUT2D eigenvalue weighted by atomic mass is 9.84. The minimum Gasteiger partial charge on any atom is -0.457 e. The standard InChI is InChI=1S/C21H25NO4/c1-21(2,3)26-20(24)22-13-16-15-8-4-5-9-17(15)25-18-10-6-7-14(11-12-23)19(16)18/h4-10,16,23H,11-13H2,1-3H3,(H,22,24). The molecule has 1 atom stereocenters. The molecule has 1 amide bonds. The molecule has 5 nitrogen and oxygen atoms in total. The van der Waals surface area contributed by atoms with E-state index in [1.165, 1.54) is 0 Å². The summed E-state index contributed by atoms with van der Waals surface area (Å²) < 4.78 is 11.4. The SMILES string of the molecule is CC(C)(C)OC(=O)NCC1c2ccccc2Oc2cccc(CCO)c21. The summed E-state index contributed by atoms with van der Waals surface area (Å²) in [5.74, 6) is 1.49. The van der Waals surface area contributed by atoms with E-state index in [1.54, 1.807) is 0 Å². The molecule has 3 rings (SSSR count). The highest BCUT2D eigenvalue weighted by molar-refractivity contribution is 5.68. The van der Waals surface area contributed by atoms with E-state index in [0.717, 1.165) is 28.2 Å². The maximum Gasteiger partial charge on any atom is 0.407 e. The number of aliphatic hydroxyl groups is 1. The number of ether oxygens (including phenoxy) is 2. The number of rotatable bonds is 4. The van der Waals surface area contributed by atoms with Crippen molar-refractivity contribution in [1.82, 2.24) is 5.32 Å². The number of fused-ring (bicyclic) bond motifs is 2. The second-order valence-electron chi connectivity index (χ2n) is 7.38. The van der Waals surface area contributed by atoms with Crippen molar-refractivity contribution in [2.45, 2.75) is 38.7 Å². The molecule has 5 heteroatoms. The number of amides is 1. The zero-order valence-electron chi connectivity index (χ0n) is 15.4. The van der Waals surface area contributed by atoms with Gasteiger partial charge in [0.2, 0.25) is 0 Å². The molecule has 2 N–H and O–H groups in total. The Balaban J connectivity index is 1.92. The van der Waals surface area contributed by atoms with Gasteiger partial charge in [-0.3, -0.25) is 0 Å². The smallest absolute Gasteiger partial charge is 0.407 e. The predicted octanol–water partition coefficient (Wildman–Crippen LogP) is 3.98. The first-order valence-electron chi connectivity index (χ1n) is 8.85. The van der Waals surface area contributed by atoms with E-state index in [0.29, 0.717) is 13.0 Å². The van der Waals surface area contributed by atoms with Crippen molar-refractivity contribution in [3.63, 3.8) is 0 Å². The first kappa shape index (κ1) is 18.3. The second kappa shape index (κ2) is 7.38. The molecule has 0 saturated carbocycles. The molecule has 2 aromatic rings. The fourth-order valence-corrected chi connectivity index (χ4v) is 3.26. The van der Waals surface area contributed by atoms with Crippen LogP contribution in [0.4, 0.5) is 4.79 Å². The van der Waals surface area contributed by atoms with Crippen LogP contribution in [0.2, 0.25) is 0 Å². The first-order chi connectivity index (χ1) is 12.4. The molecule has 0 fully saturated rings. The summed E-state index contributed by atoms with van der Waals surface area (Å²) in [6, 6.07) is 13.7. The number of alkyl carbamates (subject to hydrolysis) is 1. The molecule has 26 heavy (non-hydrogen) atoms. The van der Waals surface area contributed by atoms with Crippen molar-refractivity contribution in [2.75, 3.05) is 13.2 Å². The van der Waals surface area contributed by atoms with E-state index in [-0.39, 0.29) is 12.5 Å². The van der Waals surface area contributed by atoms with Crippen LogP contribution in [-0.4, -0.2) is 30.0 Å². The van der Waals surface area contributed by atoms with Gasteiger partial charge in [-0.1, -0.05) is 30.3 Å². The predicted molar refractivity (Wildman–Crippen MR) is 99.8 cm³/mol. The molecule has 1 aliphatic heterocycles. The maximum absolute atomic E-state index is 12.1. The largest absolute Gasteiger partial charge is 0.457 e. The van der Waals surface area contributed by atoms with E-state index < -0.39 is 11.7 Å². The van der Waals surface area contributed by atoms with Gasteiger partial charge in [-0.25, -0.2) is 4.79 Å². The molecule has 0 saturated heterocycles. The van der Waals surface area contributed by atoms with Crippen LogP contribution in [0.3, 0.4) is 0 Å². The van der Waals surface area contributed by atoms with Gasteiger partial charge in [0.15, 0.2) is 0 Å². The van der Waals surface area contributed by atoms with Gasteiger partial charge in [-0.15, -0.1) is 0 Å². The van der Waals surface area contributed by atoms with Gasteiger partial charge in [-0.05, 0) is 44.9 Å². The summed E-state index contributed by atoms with van der Waals surface area (Å²) in [5, 5.41) is 12.3. The van der Waals surface area contributed by atoms with Gasteiger partial charge in [-0.2, -0.15) is 0 Å². The van der Waals surface area contributed by atoms with E-state index in [1.807, 2.05) is 63.2 Å². The van der Waals surface area contributed by atoms with Crippen molar-refractivity contribution in [3.8, 4) is 11.5 Å². The van der Waals surface area contributed by atoms with Crippen LogP contribution in [0.5, 0.6) is 11.5 Å². The number of hydrogen-bond donors (Lipinski definition) is 2. The summed E-state index contributed by atoms with van der Waals surface area (Å²) >= 11 is 0. The average molecular weight is 355 g/mol. The highest BCUT2D eigenvalue weighted by Gasteiger charge is 2.30. The third-order valence-electron chi connectivity index (χ3n) is 4.25. The summed E-state index contributed by atoms with van der Waals surface area (Å²) in [4.78, 5) is 12.1. The number of carbonyl (C=O) groups excluding carboxylic acids is 1. The molecule has 138 valence electrons. The molecule has 1 aliphatic rings. The molecule has 1 heterocycles. The molecule has 0 spiro atoms.